The van der Waals surface area contributed by atoms with Gasteiger partial charge in [0.1, 0.15) is 0 Å². The molecule has 0 amide bonds. The van der Waals surface area contributed by atoms with Crippen LogP contribution in [0.2, 0.25) is 0 Å². The molecule has 0 unspecified atom stereocenters. The van der Waals surface area contributed by atoms with E-state index in [4.69, 9.17) is 5.73 Å². The zero-order valence-corrected chi connectivity index (χ0v) is 9.02. The SMILES string of the molecule is NC[C@H]1C[C@H]1CN1CCc2ccccc21. The highest BCUT2D eigenvalue weighted by molar-refractivity contribution is 5.57. The Kier molecular flexibility index (Phi) is 2.17. The summed E-state index contributed by atoms with van der Waals surface area (Å²) in [6, 6.07) is 8.79. The van der Waals surface area contributed by atoms with Crippen molar-refractivity contribution < 1.29 is 0 Å². The normalized spacial score (nSPS) is 27.9. The fourth-order valence-corrected chi connectivity index (χ4v) is 2.70. The lowest BCUT2D eigenvalue weighted by molar-refractivity contribution is 0.675. The van der Waals surface area contributed by atoms with Crippen LogP contribution in [0.4, 0.5) is 5.69 Å². The van der Waals surface area contributed by atoms with Crippen molar-refractivity contribution in [1.29, 1.82) is 0 Å². The Morgan fingerprint density at radius 2 is 2.13 bits per heavy atom. The lowest BCUT2D eigenvalue weighted by Crippen LogP contribution is -2.24. The van der Waals surface area contributed by atoms with Crippen LogP contribution in [0.3, 0.4) is 0 Å². The number of rotatable bonds is 3. The zero-order chi connectivity index (χ0) is 10.3. The number of hydrogen-bond donors (Lipinski definition) is 1. The summed E-state index contributed by atoms with van der Waals surface area (Å²) in [5.41, 5.74) is 8.65. The Hall–Kier alpha value is -1.02. The molecule has 15 heavy (non-hydrogen) atoms. The number of para-hydroxylation sites is 1. The van der Waals surface area contributed by atoms with Crippen LogP contribution in [0.5, 0.6) is 0 Å². The maximum absolute atomic E-state index is 5.67. The van der Waals surface area contributed by atoms with Gasteiger partial charge >= 0.3 is 0 Å². The number of fused-ring (bicyclic) bond motifs is 1. The van der Waals surface area contributed by atoms with Gasteiger partial charge < -0.3 is 10.6 Å². The molecule has 0 spiro atoms. The van der Waals surface area contributed by atoms with E-state index in [0.29, 0.717) is 0 Å². The maximum Gasteiger partial charge on any atom is 0.0399 e. The molecule has 1 fully saturated rings. The molecule has 1 saturated carbocycles. The maximum atomic E-state index is 5.67. The highest BCUT2D eigenvalue weighted by Crippen LogP contribution is 2.40. The van der Waals surface area contributed by atoms with Crippen LogP contribution in [0.25, 0.3) is 0 Å². The Morgan fingerprint density at radius 3 is 2.93 bits per heavy atom. The van der Waals surface area contributed by atoms with Crippen molar-refractivity contribution in [2.75, 3.05) is 24.5 Å². The summed E-state index contributed by atoms with van der Waals surface area (Å²) in [7, 11) is 0. The topological polar surface area (TPSA) is 29.3 Å². The number of nitrogens with two attached hydrogens (primary N) is 1. The molecule has 1 aliphatic heterocycles. The first-order valence-electron chi connectivity index (χ1n) is 5.91. The molecule has 80 valence electrons. The third-order valence-corrected chi connectivity index (χ3v) is 3.81. The predicted octanol–water partition coefficient (Wildman–Crippen LogP) is 1.64. The van der Waals surface area contributed by atoms with Crippen molar-refractivity contribution in [3.05, 3.63) is 29.8 Å². The van der Waals surface area contributed by atoms with Gasteiger partial charge in [-0.2, -0.15) is 0 Å². The molecule has 0 saturated heterocycles. The molecular weight excluding hydrogens is 184 g/mol. The number of nitrogens with zero attached hydrogens (tertiary/aromatic N) is 1. The van der Waals surface area contributed by atoms with Crippen LogP contribution < -0.4 is 10.6 Å². The fraction of sp³-hybridized carbons (Fsp3) is 0.538. The Bertz CT molecular complexity index is 361. The highest BCUT2D eigenvalue weighted by Gasteiger charge is 2.37. The Labute approximate surface area is 91.1 Å². The molecule has 0 aromatic heterocycles. The molecule has 1 aliphatic carbocycles. The van der Waals surface area contributed by atoms with Gasteiger partial charge in [-0.3, -0.25) is 0 Å². The van der Waals surface area contributed by atoms with E-state index in [1.54, 1.807) is 0 Å². The van der Waals surface area contributed by atoms with Gasteiger partial charge in [-0.1, -0.05) is 18.2 Å². The largest absolute Gasteiger partial charge is 0.371 e. The van der Waals surface area contributed by atoms with Gasteiger partial charge in [0.15, 0.2) is 0 Å². The predicted molar refractivity (Wildman–Crippen MR) is 63.0 cm³/mol. The summed E-state index contributed by atoms with van der Waals surface area (Å²) in [6.45, 7) is 3.30. The van der Waals surface area contributed by atoms with Crippen LogP contribution >= 0.6 is 0 Å². The van der Waals surface area contributed by atoms with Crippen LogP contribution in [0, 0.1) is 11.8 Å². The van der Waals surface area contributed by atoms with E-state index in [9.17, 15) is 0 Å². The zero-order valence-electron chi connectivity index (χ0n) is 9.02. The minimum atomic E-state index is 0.803. The van der Waals surface area contributed by atoms with E-state index in [2.05, 4.69) is 29.2 Å². The van der Waals surface area contributed by atoms with Crippen LogP contribution in [0.1, 0.15) is 12.0 Å². The van der Waals surface area contributed by atoms with Gasteiger partial charge in [-0.15, -0.1) is 0 Å². The van der Waals surface area contributed by atoms with E-state index in [1.807, 2.05) is 0 Å². The summed E-state index contributed by atoms with van der Waals surface area (Å²) in [5, 5.41) is 0. The first-order valence-corrected chi connectivity index (χ1v) is 5.91. The van der Waals surface area contributed by atoms with E-state index >= 15 is 0 Å². The van der Waals surface area contributed by atoms with Crippen molar-refractivity contribution in [2.24, 2.45) is 17.6 Å². The van der Waals surface area contributed by atoms with E-state index in [0.717, 1.165) is 18.4 Å². The van der Waals surface area contributed by atoms with E-state index < -0.39 is 0 Å². The molecule has 1 aromatic carbocycles. The van der Waals surface area contributed by atoms with Crippen molar-refractivity contribution in [3.63, 3.8) is 0 Å². The van der Waals surface area contributed by atoms with Crippen LogP contribution in [0.15, 0.2) is 24.3 Å². The second-order valence-corrected chi connectivity index (χ2v) is 4.82. The molecule has 2 heteroatoms. The van der Waals surface area contributed by atoms with Gasteiger partial charge in [0.25, 0.3) is 0 Å². The van der Waals surface area contributed by atoms with E-state index in [-0.39, 0.29) is 0 Å². The molecule has 2 aliphatic rings. The van der Waals surface area contributed by atoms with Crippen LogP contribution in [-0.4, -0.2) is 19.6 Å². The first-order chi connectivity index (χ1) is 7.38. The smallest absolute Gasteiger partial charge is 0.0399 e. The number of anilines is 1. The second kappa shape index (κ2) is 3.53. The van der Waals surface area contributed by atoms with Crippen molar-refractivity contribution in [1.82, 2.24) is 0 Å². The van der Waals surface area contributed by atoms with Crippen molar-refractivity contribution >= 4 is 5.69 Å². The highest BCUT2D eigenvalue weighted by atomic mass is 15.2. The second-order valence-electron chi connectivity index (χ2n) is 4.82. The van der Waals surface area contributed by atoms with Crippen molar-refractivity contribution in [3.8, 4) is 0 Å². The minimum Gasteiger partial charge on any atom is -0.371 e. The number of hydrogen-bond acceptors (Lipinski definition) is 2. The average Bonchev–Trinajstić information content (AvgIpc) is 2.91. The van der Waals surface area contributed by atoms with Gasteiger partial charge in [-0.25, -0.2) is 0 Å². The quantitative estimate of drug-likeness (QED) is 0.807. The molecule has 0 bridgehead atoms. The van der Waals surface area contributed by atoms with Gasteiger partial charge in [0.05, 0.1) is 0 Å². The summed E-state index contributed by atoms with van der Waals surface area (Å²) in [4.78, 5) is 2.54. The third-order valence-electron chi connectivity index (χ3n) is 3.81. The summed E-state index contributed by atoms with van der Waals surface area (Å²) >= 11 is 0. The average molecular weight is 202 g/mol. The Morgan fingerprint density at radius 1 is 1.27 bits per heavy atom. The molecular formula is C13H18N2. The van der Waals surface area contributed by atoms with Crippen molar-refractivity contribution in [2.45, 2.75) is 12.8 Å². The third kappa shape index (κ3) is 1.63. The molecule has 1 aromatic rings. The fourth-order valence-electron chi connectivity index (χ4n) is 2.70. The molecule has 2 nitrogen and oxygen atoms in total. The molecule has 2 N–H and O–H groups in total. The molecule has 0 radical (unpaired) electrons. The van der Waals surface area contributed by atoms with Gasteiger partial charge in [-0.05, 0) is 42.9 Å². The molecule has 3 rings (SSSR count). The van der Waals surface area contributed by atoms with Gasteiger partial charge in [0, 0.05) is 18.8 Å². The monoisotopic (exact) mass is 202 g/mol. The molecule has 1 heterocycles. The lowest BCUT2D eigenvalue weighted by atomic mass is 10.2. The first kappa shape index (κ1) is 9.22. The summed E-state index contributed by atoms with van der Waals surface area (Å²) in [6.07, 6.45) is 2.56. The van der Waals surface area contributed by atoms with Gasteiger partial charge in [0.2, 0.25) is 0 Å². The number of benzene rings is 1. The summed E-state index contributed by atoms with van der Waals surface area (Å²) < 4.78 is 0. The Balaban J connectivity index is 1.69. The van der Waals surface area contributed by atoms with Crippen LogP contribution in [-0.2, 0) is 6.42 Å². The molecule has 2 atom stereocenters. The van der Waals surface area contributed by atoms with E-state index in [1.165, 1.54) is 37.2 Å². The minimum absolute atomic E-state index is 0.803. The summed E-state index contributed by atoms with van der Waals surface area (Å²) in [5.74, 6) is 1.67. The standard InChI is InChI=1S/C13H18N2/c14-8-11-7-12(11)9-15-6-5-10-3-1-2-4-13(10)15/h1-4,11-12H,5-9,14H2/t11-,12+/m1/s1. The lowest BCUT2D eigenvalue weighted by Gasteiger charge is -2.19.